The Balaban J connectivity index is 1.51. The Morgan fingerprint density at radius 3 is 2.52 bits per heavy atom. The average Bonchev–Trinajstić information content (AvgIpc) is 3.41. The van der Waals surface area contributed by atoms with Crippen LogP contribution in [-0.4, -0.2) is 42.8 Å². The van der Waals surface area contributed by atoms with E-state index >= 15 is 0 Å². The molecule has 1 aromatic carbocycles. The second-order valence-corrected chi connectivity index (χ2v) is 6.72. The summed E-state index contributed by atoms with van der Waals surface area (Å²) in [5.74, 6) is 0.653. The monoisotopic (exact) mass is 316 g/mol. The fourth-order valence-corrected chi connectivity index (χ4v) is 3.41. The highest BCUT2D eigenvalue weighted by Crippen LogP contribution is 2.34. The molecule has 1 saturated heterocycles. The number of ether oxygens (including phenoxy) is 1. The molecule has 0 aromatic heterocycles. The second kappa shape index (κ2) is 7.82. The fourth-order valence-electron chi connectivity index (χ4n) is 3.41. The first kappa shape index (κ1) is 16.3. The van der Waals surface area contributed by atoms with Gasteiger partial charge in [0.15, 0.2) is 0 Å². The van der Waals surface area contributed by atoms with Crippen LogP contribution in [-0.2, 0) is 11.2 Å². The molecule has 1 atom stereocenters. The highest BCUT2D eigenvalue weighted by molar-refractivity contribution is 5.74. The van der Waals surface area contributed by atoms with Gasteiger partial charge in [-0.05, 0) is 50.5 Å². The SMILES string of the molecule is CCOC1CCN(C(=O)NC(Cc2ccccc2)C2CC2)CC1. The summed E-state index contributed by atoms with van der Waals surface area (Å²) in [6, 6.07) is 10.8. The van der Waals surface area contributed by atoms with Gasteiger partial charge in [0.1, 0.15) is 0 Å². The van der Waals surface area contributed by atoms with Crippen molar-refractivity contribution in [2.45, 2.75) is 51.2 Å². The van der Waals surface area contributed by atoms with Crippen LogP contribution in [0.2, 0.25) is 0 Å². The molecule has 0 bridgehead atoms. The summed E-state index contributed by atoms with van der Waals surface area (Å²) in [4.78, 5) is 14.5. The lowest BCUT2D eigenvalue weighted by molar-refractivity contribution is 0.0217. The molecule has 4 heteroatoms. The molecule has 1 aliphatic carbocycles. The van der Waals surface area contributed by atoms with Crippen molar-refractivity contribution in [3.05, 3.63) is 35.9 Å². The predicted octanol–water partition coefficient (Wildman–Crippen LogP) is 3.22. The van der Waals surface area contributed by atoms with E-state index in [0.29, 0.717) is 12.0 Å². The van der Waals surface area contributed by atoms with Crippen LogP contribution in [0.5, 0.6) is 0 Å². The summed E-state index contributed by atoms with van der Waals surface area (Å²) in [7, 11) is 0. The maximum Gasteiger partial charge on any atom is 0.317 e. The molecule has 2 fully saturated rings. The van der Waals surface area contributed by atoms with Gasteiger partial charge in [0.25, 0.3) is 0 Å². The number of piperidine rings is 1. The van der Waals surface area contributed by atoms with E-state index in [2.05, 4.69) is 29.6 Å². The molecule has 23 heavy (non-hydrogen) atoms. The predicted molar refractivity (Wildman–Crippen MR) is 91.4 cm³/mol. The number of hydrogen-bond acceptors (Lipinski definition) is 2. The van der Waals surface area contributed by atoms with Crippen molar-refractivity contribution < 1.29 is 9.53 Å². The largest absolute Gasteiger partial charge is 0.378 e. The van der Waals surface area contributed by atoms with Crippen molar-refractivity contribution in [2.24, 2.45) is 5.92 Å². The number of carbonyl (C=O) groups is 1. The third kappa shape index (κ3) is 4.71. The highest BCUT2D eigenvalue weighted by Gasteiger charge is 2.33. The number of carbonyl (C=O) groups excluding carboxylic acids is 1. The molecule has 126 valence electrons. The molecule has 1 N–H and O–H groups in total. The van der Waals surface area contributed by atoms with Crippen LogP contribution in [0.3, 0.4) is 0 Å². The summed E-state index contributed by atoms with van der Waals surface area (Å²) in [5.41, 5.74) is 1.31. The van der Waals surface area contributed by atoms with Crippen LogP contribution in [0.15, 0.2) is 30.3 Å². The Hall–Kier alpha value is -1.55. The lowest BCUT2D eigenvalue weighted by Gasteiger charge is -2.33. The minimum absolute atomic E-state index is 0.104. The van der Waals surface area contributed by atoms with E-state index < -0.39 is 0 Å². The lowest BCUT2D eigenvalue weighted by atomic mass is 10.0. The van der Waals surface area contributed by atoms with Gasteiger partial charge in [-0.15, -0.1) is 0 Å². The van der Waals surface area contributed by atoms with Crippen LogP contribution in [0.25, 0.3) is 0 Å². The van der Waals surface area contributed by atoms with Gasteiger partial charge in [-0.1, -0.05) is 30.3 Å². The Bertz CT molecular complexity index is 493. The zero-order chi connectivity index (χ0) is 16.1. The van der Waals surface area contributed by atoms with Gasteiger partial charge in [-0.3, -0.25) is 0 Å². The summed E-state index contributed by atoms with van der Waals surface area (Å²) >= 11 is 0. The van der Waals surface area contributed by atoms with E-state index in [4.69, 9.17) is 4.74 Å². The van der Waals surface area contributed by atoms with Crippen LogP contribution >= 0.6 is 0 Å². The zero-order valence-electron chi connectivity index (χ0n) is 14.0. The molecule has 2 amide bonds. The van der Waals surface area contributed by atoms with E-state index in [1.807, 2.05) is 17.9 Å². The van der Waals surface area contributed by atoms with Crippen LogP contribution in [0, 0.1) is 5.92 Å². The average molecular weight is 316 g/mol. The number of amides is 2. The number of urea groups is 1. The van der Waals surface area contributed by atoms with E-state index in [-0.39, 0.29) is 12.1 Å². The van der Waals surface area contributed by atoms with Crippen molar-refractivity contribution >= 4 is 6.03 Å². The zero-order valence-corrected chi connectivity index (χ0v) is 14.0. The number of benzene rings is 1. The molecule has 1 heterocycles. The van der Waals surface area contributed by atoms with Gasteiger partial charge in [0.2, 0.25) is 0 Å². The van der Waals surface area contributed by atoms with Crippen molar-refractivity contribution in [1.29, 1.82) is 0 Å². The molecule has 1 unspecified atom stereocenters. The van der Waals surface area contributed by atoms with Gasteiger partial charge < -0.3 is 15.0 Å². The Kier molecular flexibility index (Phi) is 5.55. The first-order chi connectivity index (χ1) is 11.3. The number of nitrogens with zero attached hydrogens (tertiary/aromatic N) is 1. The number of likely N-dealkylation sites (tertiary alicyclic amines) is 1. The second-order valence-electron chi connectivity index (χ2n) is 6.72. The highest BCUT2D eigenvalue weighted by atomic mass is 16.5. The molecule has 0 spiro atoms. The smallest absolute Gasteiger partial charge is 0.317 e. The first-order valence-electron chi connectivity index (χ1n) is 8.97. The van der Waals surface area contributed by atoms with Crippen molar-refractivity contribution in [1.82, 2.24) is 10.2 Å². The van der Waals surface area contributed by atoms with E-state index in [1.165, 1.54) is 18.4 Å². The van der Waals surface area contributed by atoms with Crippen molar-refractivity contribution in [2.75, 3.05) is 19.7 Å². The third-order valence-corrected chi connectivity index (χ3v) is 4.93. The topological polar surface area (TPSA) is 41.6 Å². The van der Waals surface area contributed by atoms with Gasteiger partial charge in [-0.2, -0.15) is 0 Å². The van der Waals surface area contributed by atoms with Crippen molar-refractivity contribution in [3.63, 3.8) is 0 Å². The van der Waals surface area contributed by atoms with E-state index in [1.54, 1.807) is 0 Å². The van der Waals surface area contributed by atoms with E-state index in [9.17, 15) is 4.79 Å². The summed E-state index contributed by atoms with van der Waals surface area (Å²) in [5, 5.41) is 3.29. The van der Waals surface area contributed by atoms with Gasteiger partial charge >= 0.3 is 6.03 Å². The normalized spacial score (nSPS) is 20.3. The fraction of sp³-hybridized carbons (Fsp3) is 0.632. The van der Waals surface area contributed by atoms with Crippen molar-refractivity contribution in [3.8, 4) is 0 Å². The van der Waals surface area contributed by atoms with Gasteiger partial charge in [0.05, 0.1) is 6.10 Å². The molecule has 2 aliphatic rings. The van der Waals surface area contributed by atoms with Crippen LogP contribution in [0.1, 0.15) is 38.2 Å². The summed E-state index contributed by atoms with van der Waals surface area (Å²) in [6.45, 7) is 4.40. The quantitative estimate of drug-likeness (QED) is 0.875. The first-order valence-corrected chi connectivity index (χ1v) is 8.97. The van der Waals surface area contributed by atoms with Crippen LogP contribution in [0.4, 0.5) is 4.79 Å². The van der Waals surface area contributed by atoms with Gasteiger partial charge in [-0.25, -0.2) is 4.79 Å². The molecule has 1 saturated carbocycles. The minimum Gasteiger partial charge on any atom is -0.378 e. The molecule has 3 rings (SSSR count). The minimum atomic E-state index is 0.104. The summed E-state index contributed by atoms with van der Waals surface area (Å²) in [6.07, 6.45) is 5.65. The lowest BCUT2D eigenvalue weighted by Crippen LogP contribution is -2.50. The summed E-state index contributed by atoms with van der Waals surface area (Å²) < 4.78 is 5.66. The van der Waals surface area contributed by atoms with E-state index in [0.717, 1.165) is 39.0 Å². The Labute approximate surface area is 139 Å². The molecule has 4 nitrogen and oxygen atoms in total. The maximum atomic E-state index is 12.6. The number of hydrogen-bond donors (Lipinski definition) is 1. The molecular formula is C19H28N2O2. The molecule has 1 aliphatic heterocycles. The van der Waals surface area contributed by atoms with Gasteiger partial charge in [0, 0.05) is 25.7 Å². The Morgan fingerprint density at radius 1 is 1.22 bits per heavy atom. The maximum absolute atomic E-state index is 12.6. The molecule has 1 aromatic rings. The molecular weight excluding hydrogens is 288 g/mol. The molecule has 0 radical (unpaired) electrons. The Morgan fingerprint density at radius 2 is 1.91 bits per heavy atom. The third-order valence-electron chi connectivity index (χ3n) is 4.93. The number of nitrogens with one attached hydrogen (secondary N) is 1. The van der Waals surface area contributed by atoms with Crippen LogP contribution < -0.4 is 5.32 Å². The standard InChI is InChI=1S/C19H28N2O2/c1-2-23-17-10-12-21(13-11-17)19(22)20-18(16-8-9-16)14-15-6-4-3-5-7-15/h3-7,16-18H,2,8-14H2,1H3,(H,20,22). The number of rotatable bonds is 6.